The van der Waals surface area contributed by atoms with Crippen molar-refractivity contribution in [3.8, 4) is 11.4 Å². The van der Waals surface area contributed by atoms with Crippen LogP contribution < -0.4 is 10.1 Å². The molecule has 26 heavy (non-hydrogen) atoms. The number of para-hydroxylation sites is 1. The van der Waals surface area contributed by atoms with Gasteiger partial charge in [0.1, 0.15) is 11.5 Å². The molecule has 0 unspecified atom stereocenters. The summed E-state index contributed by atoms with van der Waals surface area (Å²) in [4.78, 5) is 12.4. The van der Waals surface area contributed by atoms with Gasteiger partial charge in [0.25, 0.3) is 5.91 Å². The standard InChI is InChI=1S/C19H17F2N3O2/c1-12(23-19(25)14-6-5-9-17(26-2)18(14)21)13-10-22-24(11-13)16-8-4-3-7-15(16)20/h3-12H,1-2H3,(H,23,25)/t12-/m0/s1. The normalized spacial score (nSPS) is 11.8. The van der Waals surface area contributed by atoms with Crippen molar-refractivity contribution in [1.82, 2.24) is 15.1 Å². The second kappa shape index (κ2) is 7.35. The van der Waals surface area contributed by atoms with Crippen molar-refractivity contribution >= 4 is 5.91 Å². The molecule has 1 heterocycles. The van der Waals surface area contributed by atoms with Crippen LogP contribution in [-0.4, -0.2) is 22.8 Å². The Morgan fingerprint density at radius 1 is 1.19 bits per heavy atom. The molecule has 1 N–H and O–H groups in total. The zero-order valence-electron chi connectivity index (χ0n) is 14.2. The molecule has 0 saturated carbocycles. The average molecular weight is 357 g/mol. The zero-order chi connectivity index (χ0) is 18.7. The summed E-state index contributed by atoms with van der Waals surface area (Å²) in [6.07, 6.45) is 3.14. The van der Waals surface area contributed by atoms with E-state index in [9.17, 15) is 13.6 Å². The molecule has 0 spiro atoms. The van der Waals surface area contributed by atoms with Gasteiger partial charge in [-0.2, -0.15) is 5.10 Å². The van der Waals surface area contributed by atoms with E-state index in [2.05, 4.69) is 10.4 Å². The van der Waals surface area contributed by atoms with Crippen LogP contribution in [0.15, 0.2) is 54.9 Å². The molecule has 0 aliphatic heterocycles. The fourth-order valence-electron chi connectivity index (χ4n) is 2.53. The minimum absolute atomic E-state index is 0.00215. The summed E-state index contributed by atoms with van der Waals surface area (Å²) in [6, 6.07) is 10.1. The third kappa shape index (κ3) is 3.42. The molecule has 1 aromatic heterocycles. The molecule has 0 bridgehead atoms. The van der Waals surface area contributed by atoms with Gasteiger partial charge in [-0.3, -0.25) is 4.79 Å². The van der Waals surface area contributed by atoms with Gasteiger partial charge in [-0.25, -0.2) is 13.5 Å². The maximum absolute atomic E-state index is 14.2. The van der Waals surface area contributed by atoms with Crippen molar-refractivity contribution in [2.24, 2.45) is 0 Å². The largest absolute Gasteiger partial charge is 0.494 e. The van der Waals surface area contributed by atoms with E-state index in [0.717, 1.165) is 0 Å². The van der Waals surface area contributed by atoms with Crippen molar-refractivity contribution in [3.63, 3.8) is 0 Å². The van der Waals surface area contributed by atoms with Gasteiger partial charge in [-0.15, -0.1) is 0 Å². The third-order valence-corrected chi connectivity index (χ3v) is 3.98. The maximum atomic E-state index is 14.2. The Hall–Kier alpha value is -3.22. The van der Waals surface area contributed by atoms with Crippen LogP contribution in [0.5, 0.6) is 5.75 Å². The van der Waals surface area contributed by atoms with Gasteiger partial charge < -0.3 is 10.1 Å². The van der Waals surface area contributed by atoms with Gasteiger partial charge in [0.2, 0.25) is 0 Å². The number of rotatable bonds is 5. The van der Waals surface area contributed by atoms with E-state index in [4.69, 9.17) is 4.74 Å². The van der Waals surface area contributed by atoms with Crippen molar-refractivity contribution in [2.45, 2.75) is 13.0 Å². The van der Waals surface area contributed by atoms with E-state index >= 15 is 0 Å². The molecule has 1 atom stereocenters. The molecule has 5 nitrogen and oxygen atoms in total. The molecule has 3 aromatic rings. The van der Waals surface area contributed by atoms with Crippen LogP contribution >= 0.6 is 0 Å². The van der Waals surface area contributed by atoms with Crippen LogP contribution in [0.3, 0.4) is 0 Å². The molecule has 0 saturated heterocycles. The molecule has 2 aromatic carbocycles. The fraction of sp³-hybridized carbons (Fsp3) is 0.158. The predicted octanol–water partition coefficient (Wildman–Crippen LogP) is 3.65. The topological polar surface area (TPSA) is 56.1 Å². The second-order valence-electron chi connectivity index (χ2n) is 5.69. The zero-order valence-corrected chi connectivity index (χ0v) is 14.2. The SMILES string of the molecule is COc1cccc(C(=O)N[C@@H](C)c2cnn(-c3ccccc3F)c2)c1F. The molecule has 0 aliphatic rings. The maximum Gasteiger partial charge on any atom is 0.254 e. The summed E-state index contributed by atoms with van der Waals surface area (Å²) < 4.78 is 34.3. The van der Waals surface area contributed by atoms with E-state index in [1.165, 1.54) is 42.3 Å². The van der Waals surface area contributed by atoms with Crippen molar-refractivity contribution in [3.05, 3.63) is 77.6 Å². The Bertz CT molecular complexity index is 940. The minimum Gasteiger partial charge on any atom is -0.494 e. The van der Waals surface area contributed by atoms with Crippen LogP contribution in [0.1, 0.15) is 28.9 Å². The Balaban J connectivity index is 1.78. The number of nitrogens with zero attached hydrogens (tertiary/aromatic N) is 2. The lowest BCUT2D eigenvalue weighted by Crippen LogP contribution is -2.27. The number of hydrogen-bond donors (Lipinski definition) is 1. The van der Waals surface area contributed by atoms with E-state index in [1.807, 2.05) is 0 Å². The highest BCUT2D eigenvalue weighted by molar-refractivity contribution is 5.95. The first-order valence-electron chi connectivity index (χ1n) is 7.94. The van der Waals surface area contributed by atoms with Crippen LogP contribution in [0.2, 0.25) is 0 Å². The Morgan fingerprint density at radius 3 is 2.69 bits per heavy atom. The Labute approximate surface area is 149 Å². The Morgan fingerprint density at radius 2 is 1.96 bits per heavy atom. The van der Waals surface area contributed by atoms with E-state index in [0.29, 0.717) is 11.3 Å². The van der Waals surface area contributed by atoms with Crippen LogP contribution in [0.25, 0.3) is 5.69 Å². The summed E-state index contributed by atoms with van der Waals surface area (Å²) in [6.45, 7) is 1.73. The van der Waals surface area contributed by atoms with Gasteiger partial charge in [0.05, 0.1) is 24.9 Å². The van der Waals surface area contributed by atoms with Gasteiger partial charge in [0.15, 0.2) is 11.6 Å². The molecular formula is C19H17F2N3O2. The Kier molecular flexibility index (Phi) is 4.97. The van der Waals surface area contributed by atoms with Crippen molar-refractivity contribution in [2.75, 3.05) is 7.11 Å². The molecule has 134 valence electrons. The number of hydrogen-bond acceptors (Lipinski definition) is 3. The molecule has 0 aliphatic carbocycles. The molecule has 0 radical (unpaired) electrons. The number of carbonyl (C=O) groups excluding carboxylic acids is 1. The molecule has 7 heteroatoms. The first-order valence-corrected chi connectivity index (χ1v) is 7.94. The number of nitrogens with one attached hydrogen (secondary N) is 1. The smallest absolute Gasteiger partial charge is 0.254 e. The number of carbonyl (C=O) groups is 1. The monoisotopic (exact) mass is 357 g/mol. The summed E-state index contributed by atoms with van der Waals surface area (Å²) in [7, 11) is 1.33. The molecular weight excluding hydrogens is 340 g/mol. The average Bonchev–Trinajstić information content (AvgIpc) is 3.12. The predicted molar refractivity (Wildman–Crippen MR) is 92.4 cm³/mol. The number of ether oxygens (including phenoxy) is 1. The van der Waals surface area contributed by atoms with Gasteiger partial charge in [0, 0.05) is 11.8 Å². The highest BCUT2D eigenvalue weighted by Gasteiger charge is 2.19. The van der Waals surface area contributed by atoms with Crippen molar-refractivity contribution in [1.29, 1.82) is 0 Å². The number of benzene rings is 2. The summed E-state index contributed by atoms with van der Waals surface area (Å²) >= 11 is 0. The number of amides is 1. The minimum atomic E-state index is -0.721. The lowest BCUT2D eigenvalue weighted by atomic mass is 10.1. The number of aromatic nitrogens is 2. The van der Waals surface area contributed by atoms with E-state index < -0.39 is 23.6 Å². The van der Waals surface area contributed by atoms with E-state index in [-0.39, 0.29) is 11.3 Å². The number of halogens is 2. The van der Waals surface area contributed by atoms with Gasteiger partial charge in [-0.1, -0.05) is 18.2 Å². The fourth-order valence-corrected chi connectivity index (χ4v) is 2.53. The highest BCUT2D eigenvalue weighted by Crippen LogP contribution is 2.21. The van der Waals surface area contributed by atoms with E-state index in [1.54, 1.807) is 31.3 Å². The van der Waals surface area contributed by atoms with Crippen molar-refractivity contribution < 1.29 is 18.3 Å². The van der Waals surface area contributed by atoms with Gasteiger partial charge in [-0.05, 0) is 31.2 Å². The summed E-state index contributed by atoms with van der Waals surface area (Å²) in [5.74, 6) is -1.70. The molecule has 1 amide bonds. The van der Waals surface area contributed by atoms with Crippen LogP contribution in [0, 0.1) is 11.6 Å². The lowest BCUT2D eigenvalue weighted by molar-refractivity contribution is 0.0935. The third-order valence-electron chi connectivity index (χ3n) is 3.98. The first-order chi connectivity index (χ1) is 12.5. The first kappa shape index (κ1) is 17.6. The quantitative estimate of drug-likeness (QED) is 0.758. The summed E-state index contributed by atoms with van der Waals surface area (Å²) in [5.41, 5.74) is 0.846. The summed E-state index contributed by atoms with van der Waals surface area (Å²) in [5, 5.41) is 6.83. The van der Waals surface area contributed by atoms with Crippen LogP contribution in [0.4, 0.5) is 8.78 Å². The molecule has 0 fully saturated rings. The molecule has 3 rings (SSSR count). The second-order valence-corrected chi connectivity index (χ2v) is 5.69. The lowest BCUT2D eigenvalue weighted by Gasteiger charge is -2.13. The van der Waals surface area contributed by atoms with Crippen LogP contribution in [-0.2, 0) is 0 Å². The highest BCUT2D eigenvalue weighted by atomic mass is 19.1. The van der Waals surface area contributed by atoms with Gasteiger partial charge >= 0.3 is 0 Å². The number of methoxy groups -OCH3 is 1.